The summed E-state index contributed by atoms with van der Waals surface area (Å²) in [4.78, 5) is 49.9. The van der Waals surface area contributed by atoms with E-state index in [1.807, 2.05) is 47.0 Å². The molecule has 53 heavy (non-hydrogen) atoms. The van der Waals surface area contributed by atoms with E-state index in [2.05, 4.69) is 78.7 Å². The minimum absolute atomic E-state index is 0.135. The molecule has 1 atom stereocenters. The summed E-state index contributed by atoms with van der Waals surface area (Å²) in [6, 6.07) is 20.9. The topological polar surface area (TPSA) is 192 Å². The summed E-state index contributed by atoms with van der Waals surface area (Å²) >= 11 is 0. The molecule has 5 N–H and O–H groups in total. The Morgan fingerprint density at radius 2 is 1.62 bits per heavy atom. The van der Waals surface area contributed by atoms with Gasteiger partial charge in [0.05, 0.1) is 0 Å². The number of nitrogens with one attached hydrogen (secondary N) is 4. The summed E-state index contributed by atoms with van der Waals surface area (Å²) in [5, 5.41) is 29.8. The van der Waals surface area contributed by atoms with E-state index in [4.69, 9.17) is 14.6 Å². The summed E-state index contributed by atoms with van der Waals surface area (Å²) in [7, 11) is 4.05. The first-order chi connectivity index (χ1) is 25.3. The highest BCUT2D eigenvalue weighted by molar-refractivity contribution is 5.97. The smallest absolute Gasteiger partial charge is 0.407 e. The molecule has 1 heterocycles. The highest BCUT2D eigenvalue weighted by atomic mass is 16.6. The molecular weight excluding hydrogens is 676 g/mol. The lowest BCUT2D eigenvalue weighted by Gasteiger charge is -2.29. The number of rotatable bonds is 11. The van der Waals surface area contributed by atoms with Crippen LogP contribution in [0.3, 0.4) is 0 Å². The van der Waals surface area contributed by atoms with Crippen LogP contribution in [0.25, 0.3) is 22.5 Å². The number of carbonyl (C=O) groups is 4. The van der Waals surface area contributed by atoms with Crippen LogP contribution in [0.4, 0.5) is 16.2 Å². The van der Waals surface area contributed by atoms with Crippen molar-refractivity contribution in [3.63, 3.8) is 0 Å². The van der Waals surface area contributed by atoms with Gasteiger partial charge < -0.3 is 30.7 Å². The molecule has 1 aliphatic carbocycles. The zero-order valence-corrected chi connectivity index (χ0v) is 31.2. The minimum atomic E-state index is -0.796. The summed E-state index contributed by atoms with van der Waals surface area (Å²) in [6.45, 7) is 7.85. The Balaban J connectivity index is 0.00000202. The van der Waals surface area contributed by atoms with Crippen LogP contribution in [-0.4, -0.2) is 82.4 Å². The Hall–Kier alpha value is -5.79. The lowest BCUT2D eigenvalue weighted by atomic mass is 9.81. The molecule has 14 nitrogen and oxygen atoms in total. The van der Waals surface area contributed by atoms with Crippen LogP contribution in [0.1, 0.15) is 57.6 Å². The number of amides is 3. The molecular formula is C39H50N8O6. The van der Waals surface area contributed by atoms with Crippen LogP contribution in [0.2, 0.25) is 0 Å². The Kier molecular flexibility index (Phi) is 14.1. The number of hydrogen-bond acceptors (Lipinski definition) is 9. The molecule has 0 radical (unpaired) electrons. The third kappa shape index (κ3) is 12.2. The largest absolute Gasteiger partial charge is 0.483 e. The highest BCUT2D eigenvalue weighted by Crippen LogP contribution is 2.30. The fourth-order valence-corrected chi connectivity index (χ4v) is 6.14. The minimum Gasteiger partial charge on any atom is -0.483 e. The lowest BCUT2D eigenvalue weighted by Crippen LogP contribution is -2.48. The van der Waals surface area contributed by atoms with E-state index in [1.54, 1.807) is 24.3 Å². The van der Waals surface area contributed by atoms with Crippen molar-refractivity contribution >= 4 is 35.8 Å². The van der Waals surface area contributed by atoms with Gasteiger partial charge in [0, 0.05) is 49.9 Å². The number of carbonyl (C=O) groups excluding carboxylic acids is 3. The molecule has 1 aromatic heterocycles. The van der Waals surface area contributed by atoms with Gasteiger partial charge in [-0.1, -0.05) is 30.3 Å². The van der Waals surface area contributed by atoms with Gasteiger partial charge in [0.2, 0.25) is 17.6 Å². The van der Waals surface area contributed by atoms with Crippen LogP contribution in [0.15, 0.2) is 66.7 Å². The van der Waals surface area contributed by atoms with Crippen LogP contribution < -0.4 is 20.9 Å². The molecule has 1 fully saturated rings. The maximum Gasteiger partial charge on any atom is 0.407 e. The molecule has 0 bridgehead atoms. The summed E-state index contributed by atoms with van der Waals surface area (Å²) < 4.78 is 5.35. The van der Waals surface area contributed by atoms with Crippen molar-refractivity contribution in [2.75, 3.05) is 30.9 Å². The second kappa shape index (κ2) is 18.6. The molecule has 0 unspecified atom stereocenters. The standard InChI is InChI=1S/C38H48N8O4.CH2O2/c1-24-7-20-31(46(5)6)22-32(24)27-12-8-25(9-13-27)21-33(36(48)40-30-18-16-28(17-19-30)34-42-44-45-43-34)41-35(47)29-14-10-26(11-15-29)23-39-37(49)50-38(2,3)4;2-1-3/h7-9,12-13,16-20,22,26,29,33H,10-11,14-15,21,23H2,1-6H3,(H,39,49)(H,40,48)(H,41,47)(H,42,43,44,45);1H,(H,2,3)/t26?,29?,33-;/m0./s1. The second-order valence-electron chi connectivity index (χ2n) is 14.4. The molecule has 5 rings (SSSR count). The second-order valence-corrected chi connectivity index (χ2v) is 14.4. The van der Waals surface area contributed by atoms with Crippen molar-refractivity contribution in [2.45, 2.75) is 71.4 Å². The average Bonchev–Trinajstić information content (AvgIpc) is 3.66. The Morgan fingerprint density at radius 3 is 2.21 bits per heavy atom. The molecule has 0 spiro atoms. The molecule has 3 amide bonds. The van der Waals surface area contributed by atoms with Gasteiger partial charge in [0.1, 0.15) is 11.6 Å². The van der Waals surface area contributed by atoms with Crippen molar-refractivity contribution in [3.8, 4) is 22.5 Å². The number of carboxylic acid groups (broad SMARTS) is 1. The zero-order chi connectivity index (χ0) is 38.5. The molecule has 4 aromatic rings. The fraction of sp³-hybridized carbons (Fsp3) is 0.410. The first kappa shape index (κ1) is 40.0. The van der Waals surface area contributed by atoms with E-state index < -0.39 is 17.7 Å². The number of hydrogen-bond donors (Lipinski definition) is 5. The number of ether oxygens (including phenoxy) is 1. The highest BCUT2D eigenvalue weighted by Gasteiger charge is 2.30. The van der Waals surface area contributed by atoms with Crippen molar-refractivity contribution in [1.82, 2.24) is 31.3 Å². The van der Waals surface area contributed by atoms with Crippen molar-refractivity contribution < 1.29 is 29.0 Å². The number of aryl methyl sites for hydroxylation is 1. The molecule has 0 aliphatic heterocycles. The van der Waals surface area contributed by atoms with E-state index in [1.165, 1.54) is 5.56 Å². The average molecular weight is 727 g/mol. The van der Waals surface area contributed by atoms with Crippen LogP contribution in [0, 0.1) is 18.8 Å². The third-order valence-corrected chi connectivity index (χ3v) is 8.98. The van der Waals surface area contributed by atoms with Gasteiger partial charge in [-0.15, -0.1) is 10.2 Å². The number of benzene rings is 3. The fourth-order valence-electron chi connectivity index (χ4n) is 6.14. The first-order valence-corrected chi connectivity index (χ1v) is 17.6. The van der Waals surface area contributed by atoms with Gasteiger partial charge in [-0.25, -0.2) is 4.79 Å². The van der Waals surface area contributed by atoms with Crippen molar-refractivity contribution in [1.29, 1.82) is 0 Å². The van der Waals surface area contributed by atoms with Gasteiger partial charge in [-0.3, -0.25) is 14.4 Å². The van der Waals surface area contributed by atoms with Gasteiger partial charge in [0.25, 0.3) is 6.47 Å². The number of H-pyrrole nitrogens is 1. The molecule has 1 saturated carbocycles. The maximum absolute atomic E-state index is 13.8. The molecule has 3 aromatic carbocycles. The summed E-state index contributed by atoms with van der Waals surface area (Å²) in [5.74, 6) is 0.0622. The summed E-state index contributed by atoms with van der Waals surface area (Å²) in [6.07, 6.45) is 2.85. The van der Waals surface area contributed by atoms with Gasteiger partial charge in [-0.05, 0) is 123 Å². The van der Waals surface area contributed by atoms with E-state index in [9.17, 15) is 14.4 Å². The van der Waals surface area contributed by atoms with E-state index in [-0.39, 0.29) is 30.1 Å². The Labute approximate surface area is 310 Å². The van der Waals surface area contributed by atoms with E-state index in [0.717, 1.165) is 40.8 Å². The number of aromatic nitrogens is 4. The van der Waals surface area contributed by atoms with Crippen LogP contribution in [-0.2, 0) is 25.5 Å². The van der Waals surface area contributed by atoms with Crippen LogP contribution >= 0.6 is 0 Å². The predicted molar refractivity (Wildman–Crippen MR) is 203 cm³/mol. The van der Waals surface area contributed by atoms with Gasteiger partial charge >= 0.3 is 6.09 Å². The lowest BCUT2D eigenvalue weighted by molar-refractivity contribution is -0.130. The number of tetrazole rings is 1. The number of alkyl carbamates (subject to hydrolysis) is 1. The Bertz CT molecular complexity index is 1800. The quantitative estimate of drug-likeness (QED) is 0.122. The maximum atomic E-state index is 13.8. The van der Waals surface area contributed by atoms with Gasteiger partial charge in [-0.2, -0.15) is 5.21 Å². The van der Waals surface area contributed by atoms with Crippen molar-refractivity contribution in [2.24, 2.45) is 11.8 Å². The SMILES string of the molecule is Cc1ccc(N(C)C)cc1-c1ccc(C[C@H](NC(=O)C2CCC(CNC(=O)OC(C)(C)C)CC2)C(=O)Nc2ccc(-c3nn[nH]n3)cc2)cc1.O=CO. The third-order valence-electron chi connectivity index (χ3n) is 8.98. The molecule has 282 valence electrons. The number of nitrogens with zero attached hydrogens (tertiary/aromatic N) is 4. The number of anilines is 2. The number of aromatic amines is 1. The predicted octanol–water partition coefficient (Wildman–Crippen LogP) is 5.61. The van der Waals surface area contributed by atoms with Crippen LogP contribution in [0.5, 0.6) is 0 Å². The molecule has 0 saturated heterocycles. The Morgan fingerprint density at radius 1 is 0.981 bits per heavy atom. The monoisotopic (exact) mass is 726 g/mol. The summed E-state index contributed by atoms with van der Waals surface area (Å²) in [5.41, 5.74) is 6.24. The van der Waals surface area contributed by atoms with E-state index >= 15 is 0 Å². The van der Waals surface area contributed by atoms with Crippen molar-refractivity contribution in [3.05, 3.63) is 77.9 Å². The molecule has 14 heteroatoms. The first-order valence-electron chi connectivity index (χ1n) is 17.6. The normalized spacial score (nSPS) is 15.9. The van der Waals surface area contributed by atoms with E-state index in [0.29, 0.717) is 37.3 Å². The zero-order valence-electron chi connectivity index (χ0n) is 31.2. The van der Waals surface area contributed by atoms with Gasteiger partial charge in [0.15, 0.2) is 0 Å². The molecule has 1 aliphatic rings.